The van der Waals surface area contributed by atoms with Gasteiger partial charge in [0.1, 0.15) is 17.2 Å². The monoisotopic (exact) mass is 458 g/mol. The fraction of sp³-hybridized carbons (Fsp3) is 0.542. The van der Waals surface area contributed by atoms with Crippen LogP contribution >= 0.6 is 11.8 Å². The molecule has 8 heteroatoms. The van der Waals surface area contributed by atoms with Gasteiger partial charge in [-0.25, -0.2) is 4.98 Å². The van der Waals surface area contributed by atoms with E-state index in [2.05, 4.69) is 12.2 Å². The summed E-state index contributed by atoms with van der Waals surface area (Å²) in [5.74, 6) is 2.58. The van der Waals surface area contributed by atoms with E-state index < -0.39 is 0 Å². The van der Waals surface area contributed by atoms with E-state index in [-0.39, 0.29) is 22.5 Å². The van der Waals surface area contributed by atoms with Crippen molar-refractivity contribution in [3.05, 3.63) is 35.7 Å². The third-order valence-electron chi connectivity index (χ3n) is 6.21. The van der Waals surface area contributed by atoms with E-state index in [9.17, 15) is 9.59 Å². The van der Waals surface area contributed by atoms with E-state index in [1.165, 1.54) is 0 Å². The number of carbonyl (C=O) groups excluding carboxylic acids is 2. The van der Waals surface area contributed by atoms with E-state index >= 15 is 0 Å². The van der Waals surface area contributed by atoms with Crippen molar-refractivity contribution in [3.8, 4) is 17.2 Å². The average Bonchev–Trinajstić information content (AvgIpc) is 3.38. The molecule has 3 atom stereocenters. The molecule has 172 valence electrons. The van der Waals surface area contributed by atoms with Crippen LogP contribution in [0.1, 0.15) is 56.9 Å². The van der Waals surface area contributed by atoms with Crippen molar-refractivity contribution in [2.45, 2.75) is 69.8 Å². The molecule has 4 rings (SSSR count). The quantitative estimate of drug-likeness (QED) is 0.558. The molecule has 7 nitrogen and oxygen atoms in total. The van der Waals surface area contributed by atoms with Gasteiger partial charge in [-0.15, -0.1) is 0 Å². The molecule has 0 radical (unpaired) electrons. The number of nitrogens with one attached hydrogen (secondary N) is 1. The minimum atomic E-state index is -0.235. The van der Waals surface area contributed by atoms with Crippen molar-refractivity contribution in [2.24, 2.45) is 5.92 Å². The third-order valence-corrected chi connectivity index (χ3v) is 7.26. The Morgan fingerprint density at radius 2 is 2.12 bits per heavy atom. The van der Waals surface area contributed by atoms with E-state index in [1.807, 2.05) is 24.3 Å². The van der Waals surface area contributed by atoms with Gasteiger partial charge in [-0.2, -0.15) is 0 Å². The van der Waals surface area contributed by atoms with Crippen molar-refractivity contribution < 1.29 is 23.5 Å². The predicted molar refractivity (Wildman–Crippen MR) is 123 cm³/mol. The summed E-state index contributed by atoms with van der Waals surface area (Å²) in [5.41, 5.74) is 1.74. The minimum Gasteiger partial charge on any atom is -0.497 e. The van der Waals surface area contributed by atoms with Crippen LogP contribution < -0.4 is 10.1 Å². The molecular weight excluding hydrogens is 428 g/mol. The zero-order valence-electron chi connectivity index (χ0n) is 18.6. The van der Waals surface area contributed by atoms with Crippen LogP contribution in [-0.2, 0) is 22.6 Å². The summed E-state index contributed by atoms with van der Waals surface area (Å²) in [6, 6.07) is 7.69. The Morgan fingerprint density at radius 1 is 1.25 bits per heavy atom. The van der Waals surface area contributed by atoms with Gasteiger partial charge < -0.3 is 13.9 Å². The van der Waals surface area contributed by atoms with Crippen LogP contribution in [-0.4, -0.2) is 34.6 Å². The molecule has 2 amide bonds. The van der Waals surface area contributed by atoms with Crippen molar-refractivity contribution in [3.63, 3.8) is 0 Å². The molecule has 2 heterocycles. The highest BCUT2D eigenvalue weighted by Crippen LogP contribution is 2.33. The molecule has 1 aliphatic heterocycles. The Morgan fingerprint density at radius 3 is 2.88 bits per heavy atom. The topological polar surface area (TPSA) is 90.7 Å². The number of carbonyl (C=O) groups is 2. The normalized spacial score (nSPS) is 23.4. The molecule has 32 heavy (non-hydrogen) atoms. The second-order valence-corrected chi connectivity index (χ2v) is 9.58. The number of ether oxygens (including phenoxy) is 2. The number of aryl methyl sites for hydroxylation is 1. The van der Waals surface area contributed by atoms with Gasteiger partial charge >= 0.3 is 0 Å². The van der Waals surface area contributed by atoms with Crippen molar-refractivity contribution >= 4 is 22.9 Å². The van der Waals surface area contributed by atoms with Gasteiger partial charge in [-0.3, -0.25) is 14.9 Å². The van der Waals surface area contributed by atoms with Gasteiger partial charge in [0, 0.05) is 12.0 Å². The molecule has 3 unspecified atom stereocenters. The second kappa shape index (κ2) is 10.5. The highest BCUT2D eigenvalue weighted by molar-refractivity contribution is 8.15. The Bertz CT molecular complexity index is 960. The van der Waals surface area contributed by atoms with Gasteiger partial charge in [0.2, 0.25) is 11.8 Å². The van der Waals surface area contributed by atoms with Gasteiger partial charge in [-0.1, -0.05) is 37.6 Å². The maximum Gasteiger partial charge on any atom is 0.286 e. The lowest BCUT2D eigenvalue weighted by atomic mass is 9.84. The summed E-state index contributed by atoms with van der Waals surface area (Å²) >= 11 is 1.12. The molecule has 1 aliphatic carbocycles. The molecule has 1 saturated carbocycles. The zero-order valence-corrected chi connectivity index (χ0v) is 19.4. The molecule has 2 fully saturated rings. The number of nitrogens with zero attached hydrogens (tertiary/aromatic N) is 1. The number of rotatable bonds is 9. The number of hydrogen-bond acceptors (Lipinski definition) is 7. The number of thioether (sulfide) groups is 1. The van der Waals surface area contributed by atoms with E-state index in [0.29, 0.717) is 18.4 Å². The van der Waals surface area contributed by atoms with Crippen molar-refractivity contribution in [1.29, 1.82) is 0 Å². The molecule has 1 N–H and O–H groups in total. The maximum atomic E-state index is 11.8. The molecule has 0 bridgehead atoms. The van der Waals surface area contributed by atoms with Crippen LogP contribution in [0.3, 0.4) is 0 Å². The van der Waals surface area contributed by atoms with Crippen LogP contribution in [0.5, 0.6) is 5.75 Å². The summed E-state index contributed by atoms with van der Waals surface area (Å²) in [4.78, 5) is 27.8. The Kier molecular flexibility index (Phi) is 7.52. The third kappa shape index (κ3) is 5.53. The predicted octanol–water partition coefficient (Wildman–Crippen LogP) is 5.12. The summed E-state index contributed by atoms with van der Waals surface area (Å²) < 4.78 is 17.6. The number of oxazole rings is 1. The molecular formula is C24H30N2O5S. The van der Waals surface area contributed by atoms with Crippen LogP contribution in [0.25, 0.3) is 11.5 Å². The van der Waals surface area contributed by atoms with E-state index in [0.717, 1.165) is 79.5 Å². The number of amides is 2. The first kappa shape index (κ1) is 22.9. The largest absolute Gasteiger partial charge is 0.497 e. The van der Waals surface area contributed by atoms with Gasteiger partial charge in [-0.05, 0) is 49.8 Å². The fourth-order valence-electron chi connectivity index (χ4n) is 4.47. The number of hydrogen-bond donors (Lipinski definition) is 1. The number of imide groups is 1. The summed E-state index contributed by atoms with van der Waals surface area (Å²) in [7, 11) is 1.64. The highest BCUT2D eigenvalue weighted by Gasteiger charge is 2.32. The molecule has 1 aromatic carbocycles. The van der Waals surface area contributed by atoms with Gasteiger partial charge in [0.15, 0.2) is 0 Å². The summed E-state index contributed by atoms with van der Waals surface area (Å²) in [5, 5.41) is 1.91. The Hall–Kier alpha value is -2.32. The molecule has 1 saturated heterocycles. The summed E-state index contributed by atoms with van der Waals surface area (Å²) in [6.07, 6.45) is 6.91. The maximum absolute atomic E-state index is 11.8. The molecule has 0 spiro atoms. The SMILES string of the molecule is CCc1oc(-c2cccc(OC)c2)nc1COC1CCCC(CCC2SC(=O)NC2=O)C1. The van der Waals surface area contributed by atoms with E-state index in [4.69, 9.17) is 18.9 Å². The Labute approximate surface area is 192 Å². The van der Waals surface area contributed by atoms with Gasteiger partial charge in [0.05, 0.1) is 25.1 Å². The van der Waals surface area contributed by atoms with Crippen molar-refractivity contribution in [2.75, 3.05) is 7.11 Å². The molecule has 2 aromatic rings. The second-order valence-electron chi connectivity index (χ2n) is 8.40. The van der Waals surface area contributed by atoms with Crippen LogP contribution in [0.2, 0.25) is 0 Å². The van der Waals surface area contributed by atoms with Crippen molar-refractivity contribution in [1.82, 2.24) is 10.3 Å². The smallest absolute Gasteiger partial charge is 0.286 e. The number of methoxy groups -OCH3 is 1. The van der Waals surface area contributed by atoms with Crippen LogP contribution in [0.4, 0.5) is 4.79 Å². The number of aromatic nitrogens is 1. The van der Waals surface area contributed by atoms with E-state index in [1.54, 1.807) is 7.11 Å². The Balaban J connectivity index is 1.32. The van der Waals surface area contributed by atoms with Crippen LogP contribution in [0, 0.1) is 5.92 Å². The van der Waals surface area contributed by atoms with Crippen LogP contribution in [0.15, 0.2) is 28.7 Å². The molecule has 1 aromatic heterocycles. The highest BCUT2D eigenvalue weighted by atomic mass is 32.2. The summed E-state index contributed by atoms with van der Waals surface area (Å²) in [6.45, 7) is 2.49. The first-order valence-electron chi connectivity index (χ1n) is 11.3. The lowest BCUT2D eigenvalue weighted by Crippen LogP contribution is -2.26. The minimum absolute atomic E-state index is 0.145. The standard InChI is InChI=1S/C24H30N2O5S/c1-3-20-19(25-23(31-20)16-7-5-8-17(13-16)29-2)14-30-18-9-4-6-15(12-18)10-11-21-22(27)26-24(28)32-21/h5,7-8,13,15,18,21H,3-4,6,9-12,14H2,1-2H3,(H,26,27,28). The zero-order chi connectivity index (χ0) is 22.5. The average molecular weight is 459 g/mol. The lowest BCUT2D eigenvalue weighted by Gasteiger charge is -2.29. The first-order valence-corrected chi connectivity index (χ1v) is 12.2. The fourth-order valence-corrected chi connectivity index (χ4v) is 5.31. The lowest BCUT2D eigenvalue weighted by molar-refractivity contribution is -0.119. The molecule has 2 aliphatic rings. The number of benzene rings is 1. The van der Waals surface area contributed by atoms with Gasteiger partial charge in [0.25, 0.3) is 5.24 Å². The first-order chi connectivity index (χ1) is 15.6.